The lowest BCUT2D eigenvalue weighted by atomic mass is 9.77. The fourth-order valence-corrected chi connectivity index (χ4v) is 4.35. The van der Waals surface area contributed by atoms with Gasteiger partial charge in [0, 0.05) is 13.2 Å². The maximum absolute atomic E-state index is 12.9. The van der Waals surface area contributed by atoms with Crippen LogP contribution < -0.4 is 0 Å². The summed E-state index contributed by atoms with van der Waals surface area (Å²) in [7, 11) is 0. The van der Waals surface area contributed by atoms with Crippen molar-refractivity contribution >= 4 is 11.9 Å². The van der Waals surface area contributed by atoms with Gasteiger partial charge in [0.15, 0.2) is 0 Å². The average molecular weight is 321 g/mol. The van der Waals surface area contributed by atoms with Gasteiger partial charge in [-0.25, -0.2) is 0 Å². The van der Waals surface area contributed by atoms with Crippen molar-refractivity contribution in [2.75, 3.05) is 19.7 Å². The van der Waals surface area contributed by atoms with E-state index in [-0.39, 0.29) is 30.2 Å². The highest BCUT2D eigenvalue weighted by Crippen LogP contribution is 2.52. The molecule has 3 fully saturated rings. The molecule has 0 aromatic carbocycles. The standard InChI is InChI=1S/C17H23NO5/c1-10(2)22-16(20)13-12-5-6-17(23-12)9-18(15(19)14(13)17)8-11-4-3-7-21-11/h5-6,10-14H,3-4,7-9H2,1-2H3/t11-,12+,13+,14-,17+/m0/s1. The first-order valence-corrected chi connectivity index (χ1v) is 8.48. The average Bonchev–Trinajstić information content (AvgIpc) is 3.21. The minimum absolute atomic E-state index is 0.00180. The topological polar surface area (TPSA) is 65.1 Å². The van der Waals surface area contributed by atoms with Crippen molar-refractivity contribution in [1.82, 2.24) is 4.90 Å². The summed E-state index contributed by atoms with van der Waals surface area (Å²) >= 11 is 0. The van der Waals surface area contributed by atoms with Gasteiger partial charge in [0.05, 0.1) is 30.8 Å². The largest absolute Gasteiger partial charge is 0.463 e. The van der Waals surface area contributed by atoms with Crippen LogP contribution >= 0.6 is 0 Å². The summed E-state index contributed by atoms with van der Waals surface area (Å²) in [5, 5.41) is 0. The minimum Gasteiger partial charge on any atom is -0.463 e. The Bertz CT molecular complexity index is 553. The number of likely N-dealkylation sites (tertiary alicyclic amines) is 1. The Kier molecular flexibility index (Phi) is 3.50. The van der Waals surface area contributed by atoms with E-state index in [9.17, 15) is 9.59 Å². The fourth-order valence-electron chi connectivity index (χ4n) is 4.35. The summed E-state index contributed by atoms with van der Waals surface area (Å²) in [6, 6.07) is 0. The second-order valence-corrected chi connectivity index (χ2v) is 7.24. The maximum Gasteiger partial charge on any atom is 0.313 e. The molecular weight excluding hydrogens is 298 g/mol. The highest BCUT2D eigenvalue weighted by atomic mass is 16.6. The summed E-state index contributed by atoms with van der Waals surface area (Å²) < 4.78 is 17.1. The van der Waals surface area contributed by atoms with Crippen molar-refractivity contribution in [2.45, 2.75) is 50.6 Å². The summed E-state index contributed by atoms with van der Waals surface area (Å²) in [5.74, 6) is -1.30. The second kappa shape index (κ2) is 5.31. The maximum atomic E-state index is 12.9. The molecule has 5 atom stereocenters. The third-order valence-electron chi connectivity index (χ3n) is 5.25. The molecule has 6 heteroatoms. The van der Waals surface area contributed by atoms with Crippen LogP contribution in [-0.2, 0) is 23.8 Å². The molecule has 1 spiro atoms. The van der Waals surface area contributed by atoms with Crippen LogP contribution in [0.15, 0.2) is 12.2 Å². The van der Waals surface area contributed by atoms with Crippen molar-refractivity contribution in [3.63, 3.8) is 0 Å². The van der Waals surface area contributed by atoms with Gasteiger partial charge in [-0.3, -0.25) is 9.59 Å². The van der Waals surface area contributed by atoms with Gasteiger partial charge in [0.1, 0.15) is 11.5 Å². The SMILES string of the molecule is CC(C)OC(=O)[C@H]1[C@H]2C(=O)N(C[C@@H]3CCCO3)C[C@]23C=C[C@H]1O3. The number of esters is 1. The van der Waals surface area contributed by atoms with E-state index in [0.717, 1.165) is 19.4 Å². The van der Waals surface area contributed by atoms with E-state index >= 15 is 0 Å². The Morgan fingerprint density at radius 1 is 1.52 bits per heavy atom. The molecule has 4 aliphatic rings. The molecule has 23 heavy (non-hydrogen) atoms. The van der Waals surface area contributed by atoms with Gasteiger partial charge in [-0.1, -0.05) is 12.2 Å². The zero-order valence-electron chi connectivity index (χ0n) is 13.6. The Balaban J connectivity index is 1.54. The van der Waals surface area contributed by atoms with E-state index in [0.29, 0.717) is 13.1 Å². The Labute approximate surface area is 135 Å². The van der Waals surface area contributed by atoms with Gasteiger partial charge < -0.3 is 19.1 Å². The van der Waals surface area contributed by atoms with Crippen LogP contribution in [-0.4, -0.2) is 60.4 Å². The molecule has 4 rings (SSSR count). The monoisotopic (exact) mass is 321 g/mol. The van der Waals surface area contributed by atoms with Gasteiger partial charge in [0.25, 0.3) is 0 Å². The van der Waals surface area contributed by atoms with E-state index in [4.69, 9.17) is 14.2 Å². The minimum atomic E-state index is -0.652. The van der Waals surface area contributed by atoms with Crippen molar-refractivity contribution < 1.29 is 23.8 Å². The van der Waals surface area contributed by atoms with Crippen molar-refractivity contribution in [1.29, 1.82) is 0 Å². The number of fused-ring (bicyclic) bond motifs is 1. The first-order chi connectivity index (χ1) is 11.0. The van der Waals surface area contributed by atoms with E-state index in [1.54, 1.807) is 0 Å². The van der Waals surface area contributed by atoms with E-state index < -0.39 is 17.4 Å². The van der Waals surface area contributed by atoms with Gasteiger partial charge in [-0.2, -0.15) is 0 Å². The first-order valence-electron chi connectivity index (χ1n) is 8.48. The van der Waals surface area contributed by atoms with Crippen LogP contribution in [0.5, 0.6) is 0 Å². The van der Waals surface area contributed by atoms with Crippen molar-refractivity contribution in [2.24, 2.45) is 11.8 Å². The summed E-state index contributed by atoms with van der Waals surface area (Å²) in [6.07, 6.45) is 5.49. The highest BCUT2D eigenvalue weighted by molar-refractivity contribution is 5.91. The molecule has 4 aliphatic heterocycles. The molecule has 0 aromatic rings. The molecule has 0 aliphatic carbocycles. The Morgan fingerprint density at radius 3 is 3.04 bits per heavy atom. The first kappa shape index (κ1) is 15.1. The number of carbonyl (C=O) groups excluding carboxylic acids is 2. The molecule has 126 valence electrons. The molecule has 0 N–H and O–H groups in total. The number of ether oxygens (including phenoxy) is 3. The number of hydrogen-bond donors (Lipinski definition) is 0. The number of amides is 1. The lowest BCUT2D eigenvalue weighted by molar-refractivity contribution is -0.157. The van der Waals surface area contributed by atoms with Crippen molar-refractivity contribution in [3.8, 4) is 0 Å². The number of rotatable bonds is 4. The quantitative estimate of drug-likeness (QED) is 0.568. The van der Waals surface area contributed by atoms with Gasteiger partial charge >= 0.3 is 5.97 Å². The van der Waals surface area contributed by atoms with Gasteiger partial charge in [-0.05, 0) is 26.7 Å². The number of hydrogen-bond acceptors (Lipinski definition) is 5. The Hall–Kier alpha value is -1.40. The second-order valence-electron chi connectivity index (χ2n) is 7.24. The fraction of sp³-hybridized carbons (Fsp3) is 0.765. The van der Waals surface area contributed by atoms with E-state index in [2.05, 4.69) is 0 Å². The molecule has 1 amide bonds. The molecule has 0 radical (unpaired) electrons. The van der Waals surface area contributed by atoms with Crippen LogP contribution in [0, 0.1) is 11.8 Å². The predicted molar refractivity (Wildman–Crippen MR) is 80.5 cm³/mol. The van der Waals surface area contributed by atoms with Crippen molar-refractivity contribution in [3.05, 3.63) is 12.2 Å². The summed E-state index contributed by atoms with van der Waals surface area (Å²) in [5.41, 5.74) is -0.652. The van der Waals surface area contributed by atoms with Crippen LogP contribution in [0.1, 0.15) is 26.7 Å². The molecule has 0 unspecified atom stereocenters. The zero-order valence-corrected chi connectivity index (χ0v) is 13.6. The molecular formula is C17H23NO5. The number of carbonyl (C=O) groups is 2. The van der Waals surface area contributed by atoms with Crippen LogP contribution in [0.2, 0.25) is 0 Å². The molecule has 0 saturated carbocycles. The lowest BCUT2D eigenvalue weighted by Crippen LogP contribution is -2.41. The summed E-state index contributed by atoms with van der Waals surface area (Å²) in [4.78, 5) is 27.2. The lowest BCUT2D eigenvalue weighted by Gasteiger charge is -2.24. The third-order valence-corrected chi connectivity index (χ3v) is 5.25. The predicted octanol–water partition coefficient (Wildman–Crippen LogP) is 0.899. The van der Waals surface area contributed by atoms with E-state index in [1.165, 1.54) is 0 Å². The molecule has 6 nitrogen and oxygen atoms in total. The molecule has 4 heterocycles. The third kappa shape index (κ3) is 2.31. The Morgan fingerprint density at radius 2 is 2.35 bits per heavy atom. The highest BCUT2D eigenvalue weighted by Gasteiger charge is 2.67. The molecule has 0 aromatic heterocycles. The summed E-state index contributed by atoms with van der Waals surface area (Å²) in [6.45, 7) is 5.50. The normalized spacial score (nSPS) is 41.2. The van der Waals surface area contributed by atoms with E-state index in [1.807, 2.05) is 30.9 Å². The van der Waals surface area contributed by atoms with Gasteiger partial charge in [-0.15, -0.1) is 0 Å². The van der Waals surface area contributed by atoms with Crippen LogP contribution in [0.25, 0.3) is 0 Å². The zero-order chi connectivity index (χ0) is 16.2. The smallest absolute Gasteiger partial charge is 0.313 e. The molecule has 3 saturated heterocycles. The van der Waals surface area contributed by atoms with Crippen LogP contribution in [0.3, 0.4) is 0 Å². The molecule has 2 bridgehead atoms. The van der Waals surface area contributed by atoms with Gasteiger partial charge in [0.2, 0.25) is 5.91 Å². The number of nitrogens with zero attached hydrogens (tertiary/aromatic N) is 1. The van der Waals surface area contributed by atoms with Crippen LogP contribution in [0.4, 0.5) is 0 Å².